The first-order valence-electron chi connectivity index (χ1n) is 4.16. The van der Waals surface area contributed by atoms with Crippen LogP contribution in [0.15, 0.2) is 22.7 Å². The summed E-state index contributed by atoms with van der Waals surface area (Å²) < 4.78 is 0.960. The molecule has 0 saturated carbocycles. The van der Waals surface area contributed by atoms with Gasteiger partial charge in [-0.05, 0) is 37.1 Å². The predicted molar refractivity (Wildman–Crippen MR) is 57.5 cm³/mol. The van der Waals surface area contributed by atoms with E-state index in [9.17, 15) is 5.11 Å². The zero-order chi connectivity index (χ0) is 10.1. The Labute approximate surface area is 86.9 Å². The van der Waals surface area contributed by atoms with Crippen LogP contribution in [0.25, 0.3) is 0 Å². The quantitative estimate of drug-likeness (QED) is 0.834. The molecule has 0 amide bonds. The molecular formula is C10H14BrNO. The second-order valence-electron chi connectivity index (χ2n) is 3.44. The number of rotatable bonds is 2. The van der Waals surface area contributed by atoms with Gasteiger partial charge in [0.25, 0.3) is 0 Å². The monoisotopic (exact) mass is 243 g/mol. The normalized spacial score (nSPS) is 15.5. The van der Waals surface area contributed by atoms with Gasteiger partial charge in [-0.3, -0.25) is 0 Å². The first-order valence-corrected chi connectivity index (χ1v) is 4.96. The van der Waals surface area contributed by atoms with Crippen LogP contribution in [-0.4, -0.2) is 11.7 Å². The predicted octanol–water partition coefficient (Wildman–Crippen LogP) is 1.92. The van der Waals surface area contributed by atoms with E-state index in [2.05, 4.69) is 15.9 Å². The number of hydrogen-bond acceptors (Lipinski definition) is 2. The lowest BCUT2D eigenvalue weighted by molar-refractivity contribution is 0.0661. The number of nitrogens with two attached hydrogens (primary N) is 1. The van der Waals surface area contributed by atoms with Gasteiger partial charge in [0.15, 0.2) is 0 Å². The summed E-state index contributed by atoms with van der Waals surface area (Å²) >= 11 is 3.37. The number of aryl methyl sites for hydroxylation is 1. The van der Waals surface area contributed by atoms with E-state index in [1.54, 1.807) is 6.92 Å². The van der Waals surface area contributed by atoms with Crippen molar-refractivity contribution in [3.63, 3.8) is 0 Å². The van der Waals surface area contributed by atoms with Crippen molar-refractivity contribution < 1.29 is 5.11 Å². The van der Waals surface area contributed by atoms with Crippen molar-refractivity contribution >= 4 is 15.9 Å². The average molecular weight is 244 g/mol. The van der Waals surface area contributed by atoms with Crippen LogP contribution in [0, 0.1) is 6.92 Å². The van der Waals surface area contributed by atoms with Gasteiger partial charge < -0.3 is 10.8 Å². The summed E-state index contributed by atoms with van der Waals surface area (Å²) in [5, 5.41) is 9.95. The summed E-state index contributed by atoms with van der Waals surface area (Å²) in [7, 11) is 0. The van der Waals surface area contributed by atoms with Crippen molar-refractivity contribution in [3.8, 4) is 0 Å². The Morgan fingerprint density at radius 2 is 2.15 bits per heavy atom. The molecule has 0 saturated heterocycles. The first kappa shape index (κ1) is 10.7. The Morgan fingerprint density at radius 1 is 1.54 bits per heavy atom. The van der Waals surface area contributed by atoms with Crippen LogP contribution in [0.2, 0.25) is 0 Å². The second kappa shape index (κ2) is 3.78. The Kier molecular flexibility index (Phi) is 3.11. The van der Waals surface area contributed by atoms with Gasteiger partial charge in [-0.1, -0.05) is 22.0 Å². The van der Waals surface area contributed by atoms with E-state index in [0.29, 0.717) is 0 Å². The molecular weight excluding hydrogens is 230 g/mol. The van der Waals surface area contributed by atoms with Crippen LogP contribution < -0.4 is 5.73 Å². The summed E-state index contributed by atoms with van der Waals surface area (Å²) in [6, 6.07) is 5.82. The van der Waals surface area contributed by atoms with E-state index < -0.39 is 5.60 Å². The average Bonchev–Trinajstić information content (AvgIpc) is 2.09. The van der Waals surface area contributed by atoms with Crippen LogP contribution in [0.3, 0.4) is 0 Å². The molecule has 1 rings (SSSR count). The SMILES string of the molecule is Cc1ccc(Br)cc1C(C)(O)CN. The Morgan fingerprint density at radius 3 is 2.69 bits per heavy atom. The van der Waals surface area contributed by atoms with E-state index in [-0.39, 0.29) is 6.54 Å². The highest BCUT2D eigenvalue weighted by Crippen LogP contribution is 2.25. The molecule has 0 spiro atoms. The number of aliphatic hydroxyl groups is 1. The van der Waals surface area contributed by atoms with Gasteiger partial charge in [0.1, 0.15) is 0 Å². The van der Waals surface area contributed by atoms with Gasteiger partial charge in [0.05, 0.1) is 5.60 Å². The maximum Gasteiger partial charge on any atom is 0.0993 e. The minimum atomic E-state index is -0.937. The maximum atomic E-state index is 9.95. The number of benzene rings is 1. The minimum absolute atomic E-state index is 0.226. The summed E-state index contributed by atoms with van der Waals surface area (Å²) in [5.41, 5.74) is 6.49. The Hall–Kier alpha value is -0.380. The van der Waals surface area contributed by atoms with Crippen molar-refractivity contribution in [2.24, 2.45) is 5.73 Å². The van der Waals surface area contributed by atoms with Crippen molar-refractivity contribution in [2.75, 3.05) is 6.54 Å². The maximum absolute atomic E-state index is 9.95. The molecule has 0 fully saturated rings. The molecule has 0 aromatic heterocycles. The fourth-order valence-corrected chi connectivity index (χ4v) is 1.65. The largest absolute Gasteiger partial charge is 0.384 e. The van der Waals surface area contributed by atoms with E-state index in [4.69, 9.17) is 5.73 Å². The van der Waals surface area contributed by atoms with Gasteiger partial charge in [-0.25, -0.2) is 0 Å². The molecule has 3 heteroatoms. The van der Waals surface area contributed by atoms with Crippen LogP contribution >= 0.6 is 15.9 Å². The molecule has 0 heterocycles. The van der Waals surface area contributed by atoms with Crippen molar-refractivity contribution in [1.82, 2.24) is 0 Å². The third kappa shape index (κ3) is 2.30. The zero-order valence-electron chi connectivity index (χ0n) is 7.84. The Bertz CT molecular complexity index is 310. The van der Waals surface area contributed by atoms with E-state index >= 15 is 0 Å². The van der Waals surface area contributed by atoms with Crippen LogP contribution in [0.5, 0.6) is 0 Å². The summed E-state index contributed by atoms with van der Waals surface area (Å²) in [6.07, 6.45) is 0. The lowest BCUT2D eigenvalue weighted by Crippen LogP contribution is -2.32. The van der Waals surface area contributed by atoms with Gasteiger partial charge in [-0.15, -0.1) is 0 Å². The van der Waals surface area contributed by atoms with Gasteiger partial charge >= 0.3 is 0 Å². The number of hydrogen-bond donors (Lipinski definition) is 2. The lowest BCUT2D eigenvalue weighted by atomic mass is 9.92. The van der Waals surface area contributed by atoms with Gasteiger partial charge in [-0.2, -0.15) is 0 Å². The molecule has 1 unspecified atom stereocenters. The standard InChI is InChI=1S/C10H14BrNO/c1-7-3-4-8(11)5-9(7)10(2,13)6-12/h3-5,13H,6,12H2,1-2H3. The smallest absolute Gasteiger partial charge is 0.0993 e. The molecule has 0 aliphatic carbocycles. The van der Waals surface area contributed by atoms with E-state index in [1.807, 2.05) is 25.1 Å². The summed E-state index contributed by atoms with van der Waals surface area (Å²) in [4.78, 5) is 0. The van der Waals surface area contributed by atoms with Crippen molar-refractivity contribution in [2.45, 2.75) is 19.4 Å². The highest BCUT2D eigenvalue weighted by Gasteiger charge is 2.22. The molecule has 13 heavy (non-hydrogen) atoms. The lowest BCUT2D eigenvalue weighted by Gasteiger charge is -2.23. The molecule has 0 bridgehead atoms. The second-order valence-corrected chi connectivity index (χ2v) is 4.35. The third-order valence-corrected chi connectivity index (χ3v) is 2.67. The molecule has 1 aromatic carbocycles. The van der Waals surface area contributed by atoms with E-state index in [0.717, 1.165) is 15.6 Å². The highest BCUT2D eigenvalue weighted by atomic mass is 79.9. The van der Waals surface area contributed by atoms with Gasteiger partial charge in [0.2, 0.25) is 0 Å². The van der Waals surface area contributed by atoms with Crippen LogP contribution in [0.1, 0.15) is 18.1 Å². The summed E-state index contributed by atoms with van der Waals surface area (Å²) in [6.45, 7) is 3.91. The van der Waals surface area contributed by atoms with Gasteiger partial charge in [0, 0.05) is 11.0 Å². The third-order valence-electron chi connectivity index (χ3n) is 2.18. The molecule has 3 N–H and O–H groups in total. The van der Waals surface area contributed by atoms with Crippen LogP contribution in [-0.2, 0) is 5.60 Å². The zero-order valence-corrected chi connectivity index (χ0v) is 9.43. The Balaban J connectivity index is 3.20. The number of halogens is 1. The molecule has 72 valence electrons. The fourth-order valence-electron chi connectivity index (χ4n) is 1.28. The van der Waals surface area contributed by atoms with Crippen molar-refractivity contribution in [3.05, 3.63) is 33.8 Å². The molecule has 0 radical (unpaired) electrons. The first-order chi connectivity index (χ1) is 5.97. The molecule has 0 aliphatic heterocycles. The van der Waals surface area contributed by atoms with Crippen LogP contribution in [0.4, 0.5) is 0 Å². The topological polar surface area (TPSA) is 46.2 Å². The highest BCUT2D eigenvalue weighted by molar-refractivity contribution is 9.10. The molecule has 0 aliphatic rings. The molecule has 2 nitrogen and oxygen atoms in total. The summed E-state index contributed by atoms with van der Waals surface area (Å²) in [5.74, 6) is 0. The van der Waals surface area contributed by atoms with E-state index in [1.165, 1.54) is 0 Å². The molecule has 1 atom stereocenters. The molecule has 1 aromatic rings. The minimum Gasteiger partial charge on any atom is -0.384 e. The van der Waals surface area contributed by atoms with Crippen molar-refractivity contribution in [1.29, 1.82) is 0 Å². The fraction of sp³-hybridized carbons (Fsp3) is 0.400.